The predicted octanol–water partition coefficient (Wildman–Crippen LogP) is 4.51. The Kier molecular flexibility index (Phi) is 4.62. The summed E-state index contributed by atoms with van der Waals surface area (Å²) in [5.41, 5.74) is 5.61. The van der Waals surface area contributed by atoms with Gasteiger partial charge in [0.15, 0.2) is 5.82 Å². The maximum Gasteiger partial charge on any atom is 0.240 e. The van der Waals surface area contributed by atoms with Gasteiger partial charge in [-0.05, 0) is 30.2 Å². The summed E-state index contributed by atoms with van der Waals surface area (Å²) in [5.74, 6) is 1.74. The molecule has 0 saturated carbocycles. The number of nitrogens with one attached hydrogen (secondary N) is 1. The number of aromatic nitrogens is 3. The van der Waals surface area contributed by atoms with Crippen molar-refractivity contribution >= 4 is 40.0 Å². The van der Waals surface area contributed by atoms with E-state index in [1.807, 2.05) is 58.1 Å². The molecule has 0 radical (unpaired) electrons. The second-order valence-corrected chi connectivity index (χ2v) is 8.53. The summed E-state index contributed by atoms with van der Waals surface area (Å²) in [4.78, 5) is 23.3. The Bertz CT molecular complexity index is 1140. The lowest BCUT2D eigenvalue weighted by Gasteiger charge is -2.26. The van der Waals surface area contributed by atoms with Crippen LogP contribution in [0.15, 0.2) is 64.3 Å². The van der Waals surface area contributed by atoms with Gasteiger partial charge in [-0.15, -0.1) is 23.1 Å². The summed E-state index contributed by atoms with van der Waals surface area (Å²) in [6.07, 6.45) is 0.942. The zero-order valence-electron chi connectivity index (χ0n) is 15.0. The maximum absolute atomic E-state index is 13.0. The van der Waals surface area contributed by atoms with Crippen molar-refractivity contribution in [3.63, 3.8) is 0 Å². The minimum absolute atomic E-state index is 0.00802. The Morgan fingerprint density at radius 3 is 2.93 bits per heavy atom. The normalized spacial score (nSPS) is 16.1. The average molecular weight is 407 g/mol. The first-order chi connectivity index (χ1) is 13.8. The fourth-order valence-corrected chi connectivity index (χ4v) is 5.29. The van der Waals surface area contributed by atoms with Gasteiger partial charge in [-0.2, -0.15) is 0 Å². The fourth-order valence-electron chi connectivity index (χ4n) is 3.63. The van der Waals surface area contributed by atoms with Crippen molar-refractivity contribution in [2.45, 2.75) is 23.9 Å². The second-order valence-electron chi connectivity index (χ2n) is 6.68. The third-order valence-electron chi connectivity index (χ3n) is 4.91. The quantitative estimate of drug-likeness (QED) is 0.542. The molecule has 0 fully saturated rings. The van der Waals surface area contributed by atoms with E-state index in [1.165, 1.54) is 21.8 Å². The molecule has 0 bridgehead atoms. The van der Waals surface area contributed by atoms with Crippen LogP contribution in [0.3, 0.4) is 0 Å². The van der Waals surface area contributed by atoms with Crippen molar-refractivity contribution in [2.24, 2.45) is 0 Å². The number of amides is 1. The molecule has 1 atom stereocenters. The monoisotopic (exact) mass is 406 g/mol. The number of fused-ring (bicyclic) bond motifs is 2. The summed E-state index contributed by atoms with van der Waals surface area (Å²) in [6, 6.07) is 16.3. The number of imidazole rings is 1. The van der Waals surface area contributed by atoms with Crippen molar-refractivity contribution in [3.8, 4) is 11.5 Å². The number of thioether (sulfide) groups is 1. The van der Waals surface area contributed by atoms with E-state index >= 15 is 0 Å². The van der Waals surface area contributed by atoms with Gasteiger partial charge < -0.3 is 9.88 Å². The molecule has 2 aromatic carbocycles. The third kappa shape index (κ3) is 3.21. The zero-order valence-corrected chi connectivity index (χ0v) is 16.7. The Morgan fingerprint density at radius 2 is 2.04 bits per heavy atom. The highest BCUT2D eigenvalue weighted by Gasteiger charge is 2.23. The molecule has 7 heteroatoms. The van der Waals surface area contributed by atoms with Gasteiger partial charge in [0.1, 0.15) is 12.2 Å². The van der Waals surface area contributed by atoms with Gasteiger partial charge in [-0.3, -0.25) is 4.79 Å². The highest BCUT2D eigenvalue weighted by molar-refractivity contribution is 7.99. The van der Waals surface area contributed by atoms with Crippen LogP contribution in [0.5, 0.6) is 0 Å². The molecule has 0 spiro atoms. The van der Waals surface area contributed by atoms with E-state index in [0.717, 1.165) is 34.7 Å². The van der Waals surface area contributed by atoms with E-state index in [0.29, 0.717) is 0 Å². The smallest absolute Gasteiger partial charge is 0.240 e. The zero-order chi connectivity index (χ0) is 18.9. The molecule has 4 aromatic rings. The molecular formula is C21H18N4OS2. The summed E-state index contributed by atoms with van der Waals surface area (Å²) < 4.78 is 1.96. The van der Waals surface area contributed by atoms with Crippen LogP contribution in [0.2, 0.25) is 0 Å². The number of hydrogen-bond donors (Lipinski definition) is 1. The molecule has 0 aliphatic carbocycles. The first-order valence-electron chi connectivity index (χ1n) is 9.14. The van der Waals surface area contributed by atoms with Crippen LogP contribution in [0.4, 0.5) is 0 Å². The predicted molar refractivity (Wildman–Crippen MR) is 114 cm³/mol. The minimum atomic E-state index is -0.00802. The third-order valence-corrected chi connectivity index (χ3v) is 6.62. The molecule has 1 aliphatic rings. The highest BCUT2D eigenvalue weighted by Crippen LogP contribution is 2.35. The number of carbonyl (C=O) groups is 1. The van der Waals surface area contributed by atoms with Crippen LogP contribution in [0.25, 0.3) is 22.6 Å². The first kappa shape index (κ1) is 17.5. The van der Waals surface area contributed by atoms with Crippen LogP contribution < -0.4 is 5.32 Å². The van der Waals surface area contributed by atoms with Crippen molar-refractivity contribution in [2.75, 3.05) is 5.75 Å². The Balaban J connectivity index is 1.45. The number of rotatable bonds is 4. The molecule has 28 heavy (non-hydrogen) atoms. The van der Waals surface area contributed by atoms with Crippen molar-refractivity contribution in [1.82, 2.24) is 19.9 Å². The summed E-state index contributed by atoms with van der Waals surface area (Å²) >= 11 is 3.38. The standard InChI is InChI=1S/C21H18N4OS2/c26-20(23-15-9-10-28-19-8-4-1-5-14(15)19)11-25-18-7-3-2-6-16(18)24-21(25)17-12-27-13-22-17/h1-8,12-13,15H,9-11H2,(H,23,26)/t15-/m0/s1. The molecule has 1 N–H and O–H groups in total. The van der Waals surface area contributed by atoms with E-state index in [1.54, 1.807) is 5.51 Å². The number of para-hydroxylation sites is 2. The largest absolute Gasteiger partial charge is 0.348 e. The fraction of sp³-hybridized carbons (Fsp3) is 0.190. The van der Waals surface area contributed by atoms with Crippen molar-refractivity contribution in [1.29, 1.82) is 0 Å². The lowest BCUT2D eigenvalue weighted by molar-refractivity contribution is -0.122. The van der Waals surface area contributed by atoms with E-state index in [-0.39, 0.29) is 18.5 Å². The molecule has 3 heterocycles. The van der Waals surface area contributed by atoms with Crippen LogP contribution in [0.1, 0.15) is 18.0 Å². The SMILES string of the molecule is O=C(Cn1c(-c2cscn2)nc2ccccc21)N[C@H]1CCSc2ccccc21. The van der Waals surface area contributed by atoms with Crippen molar-refractivity contribution < 1.29 is 4.79 Å². The molecule has 0 saturated heterocycles. The summed E-state index contributed by atoms with van der Waals surface area (Å²) in [6.45, 7) is 0.221. The van der Waals surface area contributed by atoms with Gasteiger partial charge in [-0.25, -0.2) is 9.97 Å². The summed E-state index contributed by atoms with van der Waals surface area (Å²) in [5, 5.41) is 5.19. The van der Waals surface area contributed by atoms with Gasteiger partial charge in [0.25, 0.3) is 0 Å². The van der Waals surface area contributed by atoms with Gasteiger partial charge in [0.2, 0.25) is 5.91 Å². The molecule has 2 aromatic heterocycles. The molecule has 140 valence electrons. The van der Waals surface area contributed by atoms with Crippen LogP contribution in [-0.4, -0.2) is 26.2 Å². The van der Waals surface area contributed by atoms with Gasteiger partial charge in [0.05, 0.1) is 22.6 Å². The molecule has 0 unspecified atom stereocenters. The number of benzene rings is 2. The number of thiazole rings is 1. The second kappa shape index (κ2) is 7.41. The lowest BCUT2D eigenvalue weighted by Crippen LogP contribution is -2.33. The van der Waals surface area contributed by atoms with Crippen LogP contribution >= 0.6 is 23.1 Å². The van der Waals surface area contributed by atoms with Crippen molar-refractivity contribution in [3.05, 3.63) is 65.0 Å². The first-order valence-corrected chi connectivity index (χ1v) is 11.1. The van der Waals surface area contributed by atoms with E-state index in [4.69, 9.17) is 4.98 Å². The number of hydrogen-bond acceptors (Lipinski definition) is 5. The lowest BCUT2D eigenvalue weighted by atomic mass is 10.0. The van der Waals surface area contributed by atoms with Gasteiger partial charge in [0, 0.05) is 16.0 Å². The molecule has 1 amide bonds. The average Bonchev–Trinajstić information content (AvgIpc) is 3.37. The van der Waals surface area contributed by atoms with Crippen LogP contribution in [-0.2, 0) is 11.3 Å². The number of nitrogens with zero attached hydrogens (tertiary/aromatic N) is 3. The molecule has 5 rings (SSSR count). The Morgan fingerprint density at radius 1 is 1.18 bits per heavy atom. The number of carbonyl (C=O) groups excluding carboxylic acids is 1. The molecule has 1 aliphatic heterocycles. The van der Waals surface area contributed by atoms with E-state index < -0.39 is 0 Å². The molecular weight excluding hydrogens is 388 g/mol. The van der Waals surface area contributed by atoms with E-state index in [2.05, 4.69) is 22.4 Å². The Labute approximate surface area is 170 Å². The molecule has 5 nitrogen and oxygen atoms in total. The summed E-state index contributed by atoms with van der Waals surface area (Å²) in [7, 11) is 0. The van der Waals surface area contributed by atoms with E-state index in [9.17, 15) is 4.79 Å². The highest BCUT2D eigenvalue weighted by atomic mass is 32.2. The Hall–Kier alpha value is -2.64. The minimum Gasteiger partial charge on any atom is -0.348 e. The van der Waals surface area contributed by atoms with Gasteiger partial charge >= 0.3 is 0 Å². The van der Waals surface area contributed by atoms with Gasteiger partial charge in [-0.1, -0.05) is 30.3 Å². The maximum atomic E-state index is 13.0. The topological polar surface area (TPSA) is 59.8 Å². The van der Waals surface area contributed by atoms with Crippen LogP contribution in [0, 0.1) is 0 Å².